The van der Waals surface area contributed by atoms with Crippen LogP contribution in [0.5, 0.6) is 0 Å². The van der Waals surface area contributed by atoms with Crippen molar-refractivity contribution in [3.05, 3.63) is 11.2 Å². The molecule has 6 nitrogen and oxygen atoms in total. The van der Waals surface area contributed by atoms with Gasteiger partial charge in [-0.25, -0.2) is 10.8 Å². The Balaban J connectivity index is 1.83. The minimum atomic E-state index is 0.360. The Morgan fingerprint density at radius 1 is 1.47 bits per heavy atom. The average Bonchev–Trinajstić information content (AvgIpc) is 2.90. The number of nitrogen functional groups attached to an aromatic ring is 1. The van der Waals surface area contributed by atoms with Crippen molar-refractivity contribution in [2.24, 2.45) is 11.8 Å². The molecule has 1 unspecified atom stereocenters. The van der Waals surface area contributed by atoms with Crippen LogP contribution in [0.3, 0.4) is 0 Å². The van der Waals surface area contributed by atoms with E-state index in [1.54, 1.807) is 0 Å². The average molecular weight is 285 g/mol. The van der Waals surface area contributed by atoms with Gasteiger partial charge in [0.15, 0.2) is 5.82 Å². The van der Waals surface area contributed by atoms with E-state index in [2.05, 4.69) is 32.5 Å². The number of nitrogens with one attached hydrogen (secondary N) is 2. The molecule has 0 aliphatic carbocycles. The van der Waals surface area contributed by atoms with Gasteiger partial charge in [0.05, 0.1) is 6.20 Å². The molecule has 7 heteroatoms. The number of aromatic nitrogens is 2. The Hall–Kier alpha value is -1.11. The summed E-state index contributed by atoms with van der Waals surface area (Å²) in [4.78, 5) is 10.6. The SMILES string of the molecule is CC(CNc1nc(NN)ncc1Cl)CN1CCCC1. The summed E-state index contributed by atoms with van der Waals surface area (Å²) in [6.07, 6.45) is 4.18. The number of hydrogen-bond acceptors (Lipinski definition) is 6. The highest BCUT2D eigenvalue weighted by Crippen LogP contribution is 2.19. The lowest BCUT2D eigenvalue weighted by atomic mass is 10.1. The summed E-state index contributed by atoms with van der Waals surface area (Å²) in [6.45, 7) is 6.61. The summed E-state index contributed by atoms with van der Waals surface area (Å²) in [5.41, 5.74) is 2.41. The van der Waals surface area contributed by atoms with Crippen molar-refractivity contribution in [3.63, 3.8) is 0 Å². The Morgan fingerprint density at radius 2 is 2.21 bits per heavy atom. The van der Waals surface area contributed by atoms with E-state index in [0.29, 0.717) is 22.7 Å². The number of nitrogens with zero attached hydrogens (tertiary/aromatic N) is 3. The van der Waals surface area contributed by atoms with E-state index in [-0.39, 0.29) is 0 Å². The fourth-order valence-corrected chi connectivity index (χ4v) is 2.46. The molecular weight excluding hydrogens is 264 g/mol. The summed E-state index contributed by atoms with van der Waals surface area (Å²) in [7, 11) is 0. The van der Waals surface area contributed by atoms with Crippen molar-refractivity contribution >= 4 is 23.4 Å². The van der Waals surface area contributed by atoms with Crippen molar-refractivity contribution < 1.29 is 0 Å². The van der Waals surface area contributed by atoms with Gasteiger partial charge in [0.25, 0.3) is 0 Å². The van der Waals surface area contributed by atoms with Crippen molar-refractivity contribution in [2.45, 2.75) is 19.8 Å². The Morgan fingerprint density at radius 3 is 2.89 bits per heavy atom. The molecule has 4 N–H and O–H groups in total. The van der Waals surface area contributed by atoms with Crippen LogP contribution in [0, 0.1) is 5.92 Å². The number of likely N-dealkylation sites (tertiary alicyclic amines) is 1. The molecule has 1 aromatic rings. The monoisotopic (exact) mass is 284 g/mol. The zero-order chi connectivity index (χ0) is 13.7. The highest BCUT2D eigenvalue weighted by Gasteiger charge is 2.15. The Labute approximate surface area is 118 Å². The molecule has 1 saturated heterocycles. The minimum Gasteiger partial charge on any atom is -0.368 e. The van der Waals surface area contributed by atoms with Crippen LogP contribution in [0.2, 0.25) is 5.02 Å². The molecule has 19 heavy (non-hydrogen) atoms. The maximum absolute atomic E-state index is 6.04. The van der Waals surface area contributed by atoms with Crippen molar-refractivity contribution in [2.75, 3.05) is 36.9 Å². The van der Waals surface area contributed by atoms with Crippen LogP contribution in [0.25, 0.3) is 0 Å². The van der Waals surface area contributed by atoms with E-state index in [4.69, 9.17) is 17.4 Å². The fourth-order valence-electron chi connectivity index (χ4n) is 2.30. The molecule has 2 heterocycles. The molecule has 0 bridgehead atoms. The maximum Gasteiger partial charge on any atom is 0.239 e. The standard InChI is InChI=1S/C12H21ClN6/c1-9(8-19-4-2-3-5-19)6-15-11-10(13)7-16-12(17-11)18-14/h7,9H,2-6,8,14H2,1H3,(H2,15,16,17,18). The fraction of sp³-hybridized carbons (Fsp3) is 0.667. The lowest BCUT2D eigenvalue weighted by Gasteiger charge is -2.20. The molecule has 1 fully saturated rings. The topological polar surface area (TPSA) is 79.1 Å². The predicted octanol–water partition coefficient (Wildman–Crippen LogP) is 1.56. The van der Waals surface area contributed by atoms with Crippen LogP contribution in [0.4, 0.5) is 11.8 Å². The van der Waals surface area contributed by atoms with Gasteiger partial charge in [-0.2, -0.15) is 4.98 Å². The van der Waals surface area contributed by atoms with Gasteiger partial charge in [0.1, 0.15) is 5.02 Å². The second kappa shape index (κ2) is 6.88. The summed E-state index contributed by atoms with van der Waals surface area (Å²) < 4.78 is 0. The molecule has 2 rings (SSSR count). The summed E-state index contributed by atoms with van der Waals surface area (Å²) >= 11 is 6.04. The minimum absolute atomic E-state index is 0.360. The third-order valence-electron chi connectivity index (χ3n) is 3.26. The van der Waals surface area contributed by atoms with Gasteiger partial charge in [-0.15, -0.1) is 0 Å². The number of halogens is 1. The number of rotatable bonds is 6. The van der Waals surface area contributed by atoms with Crippen LogP contribution in [0.1, 0.15) is 19.8 Å². The molecule has 0 aromatic carbocycles. The van der Waals surface area contributed by atoms with Crippen LogP contribution >= 0.6 is 11.6 Å². The smallest absolute Gasteiger partial charge is 0.239 e. The van der Waals surface area contributed by atoms with E-state index < -0.39 is 0 Å². The van der Waals surface area contributed by atoms with E-state index in [0.717, 1.165) is 13.1 Å². The van der Waals surface area contributed by atoms with Gasteiger partial charge in [-0.3, -0.25) is 5.43 Å². The third-order valence-corrected chi connectivity index (χ3v) is 3.54. The number of anilines is 2. The van der Waals surface area contributed by atoms with E-state index in [1.807, 2.05) is 0 Å². The second-order valence-electron chi connectivity index (χ2n) is 5.03. The molecule has 106 valence electrons. The highest BCUT2D eigenvalue weighted by atomic mass is 35.5. The molecule has 1 aromatic heterocycles. The van der Waals surface area contributed by atoms with Crippen molar-refractivity contribution in [1.29, 1.82) is 0 Å². The van der Waals surface area contributed by atoms with Gasteiger partial charge < -0.3 is 10.2 Å². The zero-order valence-corrected chi connectivity index (χ0v) is 12.0. The lowest BCUT2D eigenvalue weighted by Crippen LogP contribution is -2.29. The second-order valence-corrected chi connectivity index (χ2v) is 5.44. The first-order chi connectivity index (χ1) is 9.19. The van der Waals surface area contributed by atoms with E-state index >= 15 is 0 Å². The summed E-state index contributed by atoms with van der Waals surface area (Å²) in [5, 5.41) is 3.76. The van der Waals surface area contributed by atoms with E-state index in [1.165, 1.54) is 32.1 Å². The van der Waals surface area contributed by atoms with Crippen LogP contribution < -0.4 is 16.6 Å². The Kier molecular flexibility index (Phi) is 5.18. The van der Waals surface area contributed by atoms with Gasteiger partial charge in [-0.05, 0) is 31.8 Å². The van der Waals surface area contributed by atoms with Crippen LogP contribution in [-0.4, -0.2) is 41.0 Å². The highest BCUT2D eigenvalue weighted by molar-refractivity contribution is 6.32. The molecule has 0 radical (unpaired) electrons. The number of hydrogen-bond donors (Lipinski definition) is 3. The molecule has 1 aliphatic rings. The van der Waals surface area contributed by atoms with Gasteiger partial charge in [0, 0.05) is 13.1 Å². The number of hydrazine groups is 1. The maximum atomic E-state index is 6.04. The first-order valence-electron chi connectivity index (χ1n) is 6.64. The van der Waals surface area contributed by atoms with Crippen LogP contribution in [-0.2, 0) is 0 Å². The first-order valence-corrected chi connectivity index (χ1v) is 7.02. The van der Waals surface area contributed by atoms with Gasteiger partial charge >= 0.3 is 0 Å². The lowest BCUT2D eigenvalue weighted by molar-refractivity contribution is 0.294. The van der Waals surface area contributed by atoms with Gasteiger partial charge in [-0.1, -0.05) is 18.5 Å². The predicted molar refractivity (Wildman–Crippen MR) is 78.2 cm³/mol. The van der Waals surface area contributed by atoms with E-state index in [9.17, 15) is 0 Å². The summed E-state index contributed by atoms with van der Waals surface area (Å²) in [5.74, 6) is 6.80. The number of nitrogens with two attached hydrogens (primary N) is 1. The molecular formula is C12H21ClN6. The molecule has 1 aliphatic heterocycles. The molecule has 0 spiro atoms. The van der Waals surface area contributed by atoms with Crippen molar-refractivity contribution in [3.8, 4) is 0 Å². The largest absolute Gasteiger partial charge is 0.368 e. The zero-order valence-electron chi connectivity index (χ0n) is 11.2. The van der Waals surface area contributed by atoms with Crippen molar-refractivity contribution in [1.82, 2.24) is 14.9 Å². The Bertz CT molecular complexity index is 407. The molecule has 1 atom stereocenters. The first kappa shape index (κ1) is 14.3. The van der Waals surface area contributed by atoms with Gasteiger partial charge in [0.2, 0.25) is 5.95 Å². The van der Waals surface area contributed by atoms with Crippen LogP contribution in [0.15, 0.2) is 6.20 Å². The molecule has 0 saturated carbocycles. The quantitative estimate of drug-likeness (QED) is 0.543. The third kappa shape index (κ3) is 4.19. The summed E-state index contributed by atoms with van der Waals surface area (Å²) in [6, 6.07) is 0. The normalized spacial score (nSPS) is 17.4. The molecule has 0 amide bonds.